The molecule has 0 amide bonds. The van der Waals surface area contributed by atoms with Gasteiger partial charge >= 0.3 is 0 Å². The van der Waals surface area contributed by atoms with Crippen molar-refractivity contribution >= 4 is 0 Å². The first-order chi connectivity index (χ1) is 11.1. The van der Waals surface area contributed by atoms with Crippen LogP contribution in [0.15, 0.2) is 65.2 Å². The van der Waals surface area contributed by atoms with Crippen molar-refractivity contribution in [2.75, 3.05) is 7.05 Å². The molecule has 4 heteroatoms. The Bertz CT molecular complexity index is 753. The van der Waals surface area contributed by atoms with Crippen molar-refractivity contribution < 1.29 is 8.81 Å². The van der Waals surface area contributed by atoms with Crippen molar-refractivity contribution in [3.8, 4) is 11.3 Å². The fourth-order valence-corrected chi connectivity index (χ4v) is 2.47. The van der Waals surface area contributed by atoms with Gasteiger partial charge < -0.3 is 4.42 Å². The van der Waals surface area contributed by atoms with Crippen molar-refractivity contribution in [1.82, 2.24) is 9.88 Å². The van der Waals surface area contributed by atoms with Crippen LogP contribution in [0.1, 0.15) is 24.4 Å². The summed E-state index contributed by atoms with van der Waals surface area (Å²) in [6, 6.07) is 16.6. The Kier molecular flexibility index (Phi) is 4.53. The molecule has 0 N–H and O–H groups in total. The number of hydrogen-bond donors (Lipinski definition) is 0. The largest absolute Gasteiger partial charge is 0.439 e. The zero-order valence-corrected chi connectivity index (χ0v) is 13.2. The van der Waals surface area contributed by atoms with E-state index < -0.39 is 0 Å². The summed E-state index contributed by atoms with van der Waals surface area (Å²) in [4.78, 5) is 6.47. The summed E-state index contributed by atoms with van der Waals surface area (Å²) in [5, 5.41) is 0. The topological polar surface area (TPSA) is 29.3 Å². The highest BCUT2D eigenvalue weighted by atomic mass is 19.1. The second-order valence-corrected chi connectivity index (χ2v) is 5.63. The zero-order chi connectivity index (χ0) is 16.2. The van der Waals surface area contributed by atoms with E-state index in [-0.39, 0.29) is 11.9 Å². The Balaban J connectivity index is 1.69. The molecular weight excluding hydrogens is 291 g/mol. The molecule has 1 unspecified atom stereocenters. The maximum Gasteiger partial charge on any atom is 0.209 e. The standard InChI is InChI=1S/C19H19FN2O/c1-14(15-8-10-17(20)11-9-15)22(2)13-19-21-12-18(23-19)16-6-4-3-5-7-16/h3-12,14H,13H2,1-2H3. The Morgan fingerprint density at radius 1 is 1.09 bits per heavy atom. The van der Waals surface area contributed by atoms with Crippen LogP contribution >= 0.6 is 0 Å². The molecule has 0 fully saturated rings. The van der Waals surface area contributed by atoms with E-state index in [9.17, 15) is 4.39 Å². The Morgan fingerprint density at radius 2 is 1.78 bits per heavy atom. The van der Waals surface area contributed by atoms with Crippen molar-refractivity contribution in [3.63, 3.8) is 0 Å². The van der Waals surface area contributed by atoms with E-state index in [0.29, 0.717) is 12.4 Å². The maximum absolute atomic E-state index is 13.0. The third kappa shape index (κ3) is 3.66. The molecule has 0 aliphatic carbocycles. The Morgan fingerprint density at radius 3 is 2.48 bits per heavy atom. The number of benzene rings is 2. The number of nitrogens with zero attached hydrogens (tertiary/aromatic N) is 2. The lowest BCUT2D eigenvalue weighted by Crippen LogP contribution is -2.22. The number of aromatic nitrogens is 1. The minimum absolute atomic E-state index is 0.141. The molecular formula is C19H19FN2O. The highest BCUT2D eigenvalue weighted by molar-refractivity contribution is 5.55. The average Bonchev–Trinajstić information content (AvgIpc) is 3.04. The minimum Gasteiger partial charge on any atom is -0.439 e. The first-order valence-electron chi connectivity index (χ1n) is 7.59. The van der Waals surface area contributed by atoms with Crippen LogP contribution in [0.5, 0.6) is 0 Å². The fourth-order valence-electron chi connectivity index (χ4n) is 2.47. The van der Waals surface area contributed by atoms with Crippen LogP contribution in [0.3, 0.4) is 0 Å². The Hall–Kier alpha value is -2.46. The molecule has 3 nitrogen and oxygen atoms in total. The monoisotopic (exact) mass is 310 g/mol. The number of oxazole rings is 1. The molecule has 0 aliphatic rings. The van der Waals surface area contributed by atoms with Gasteiger partial charge in [0, 0.05) is 11.6 Å². The predicted octanol–water partition coefficient (Wildman–Crippen LogP) is 4.67. The third-order valence-electron chi connectivity index (χ3n) is 4.01. The molecule has 1 atom stereocenters. The molecule has 1 aromatic heterocycles. The van der Waals surface area contributed by atoms with Crippen LogP contribution in [0, 0.1) is 5.82 Å². The van der Waals surface area contributed by atoms with E-state index in [1.165, 1.54) is 12.1 Å². The van der Waals surface area contributed by atoms with E-state index in [0.717, 1.165) is 16.9 Å². The smallest absolute Gasteiger partial charge is 0.209 e. The normalized spacial score (nSPS) is 12.5. The van der Waals surface area contributed by atoms with Gasteiger partial charge in [-0.2, -0.15) is 0 Å². The van der Waals surface area contributed by atoms with Crippen molar-refractivity contribution in [2.45, 2.75) is 19.5 Å². The molecule has 118 valence electrons. The molecule has 0 bridgehead atoms. The summed E-state index contributed by atoms with van der Waals surface area (Å²) in [5.41, 5.74) is 2.07. The van der Waals surface area contributed by atoms with E-state index in [1.807, 2.05) is 49.5 Å². The summed E-state index contributed by atoms with van der Waals surface area (Å²) >= 11 is 0. The molecule has 0 saturated carbocycles. The molecule has 0 spiro atoms. The van der Waals surface area contributed by atoms with E-state index in [2.05, 4.69) is 16.8 Å². The predicted molar refractivity (Wildman–Crippen MR) is 88.2 cm³/mol. The van der Waals surface area contributed by atoms with E-state index in [1.54, 1.807) is 6.20 Å². The second kappa shape index (κ2) is 6.75. The van der Waals surface area contributed by atoms with Gasteiger partial charge in [-0.05, 0) is 31.7 Å². The van der Waals surface area contributed by atoms with Crippen LogP contribution in [0.4, 0.5) is 4.39 Å². The SMILES string of the molecule is CC(c1ccc(F)cc1)N(C)Cc1ncc(-c2ccccc2)o1. The van der Waals surface area contributed by atoms with Gasteiger partial charge in [0.1, 0.15) is 5.82 Å². The highest BCUT2D eigenvalue weighted by Gasteiger charge is 2.15. The highest BCUT2D eigenvalue weighted by Crippen LogP contribution is 2.23. The summed E-state index contributed by atoms with van der Waals surface area (Å²) in [5.74, 6) is 1.22. The van der Waals surface area contributed by atoms with Gasteiger partial charge in [0.15, 0.2) is 5.76 Å². The van der Waals surface area contributed by atoms with Gasteiger partial charge in [-0.25, -0.2) is 9.37 Å². The maximum atomic E-state index is 13.0. The van der Waals surface area contributed by atoms with Crippen LogP contribution in [0.2, 0.25) is 0 Å². The van der Waals surface area contributed by atoms with Gasteiger partial charge in [0.25, 0.3) is 0 Å². The average molecular weight is 310 g/mol. The Labute approximate surface area is 135 Å². The number of hydrogen-bond acceptors (Lipinski definition) is 3. The number of rotatable bonds is 5. The quantitative estimate of drug-likeness (QED) is 0.685. The third-order valence-corrected chi connectivity index (χ3v) is 4.01. The summed E-state index contributed by atoms with van der Waals surface area (Å²) in [6.45, 7) is 2.67. The fraction of sp³-hybridized carbons (Fsp3) is 0.211. The van der Waals surface area contributed by atoms with Gasteiger partial charge in [0.2, 0.25) is 5.89 Å². The lowest BCUT2D eigenvalue weighted by atomic mass is 10.1. The van der Waals surface area contributed by atoms with Crippen molar-refractivity contribution in [1.29, 1.82) is 0 Å². The molecule has 1 heterocycles. The molecule has 2 aromatic carbocycles. The van der Waals surface area contributed by atoms with Gasteiger partial charge in [-0.3, -0.25) is 4.90 Å². The minimum atomic E-state index is -0.219. The summed E-state index contributed by atoms with van der Waals surface area (Å²) < 4.78 is 18.9. The molecule has 3 aromatic rings. The van der Waals surface area contributed by atoms with Gasteiger partial charge in [-0.15, -0.1) is 0 Å². The van der Waals surface area contributed by atoms with Crippen molar-refractivity contribution in [2.24, 2.45) is 0 Å². The second-order valence-electron chi connectivity index (χ2n) is 5.63. The summed E-state index contributed by atoms with van der Waals surface area (Å²) in [6.07, 6.45) is 1.75. The van der Waals surface area contributed by atoms with Crippen molar-refractivity contribution in [3.05, 3.63) is 78.1 Å². The van der Waals surface area contributed by atoms with Crippen LogP contribution < -0.4 is 0 Å². The first kappa shape index (κ1) is 15.4. The van der Waals surface area contributed by atoms with Gasteiger partial charge in [-0.1, -0.05) is 42.5 Å². The molecule has 23 heavy (non-hydrogen) atoms. The van der Waals surface area contributed by atoms with Crippen LogP contribution in [-0.2, 0) is 6.54 Å². The first-order valence-corrected chi connectivity index (χ1v) is 7.59. The lowest BCUT2D eigenvalue weighted by Gasteiger charge is -2.23. The lowest BCUT2D eigenvalue weighted by molar-refractivity contribution is 0.228. The molecule has 3 rings (SSSR count). The summed E-state index contributed by atoms with van der Waals surface area (Å²) in [7, 11) is 2.00. The zero-order valence-electron chi connectivity index (χ0n) is 13.2. The molecule has 0 radical (unpaired) electrons. The number of halogens is 1. The molecule has 0 saturated heterocycles. The van der Waals surface area contributed by atoms with E-state index >= 15 is 0 Å². The van der Waals surface area contributed by atoms with E-state index in [4.69, 9.17) is 4.42 Å². The van der Waals surface area contributed by atoms with Crippen LogP contribution in [-0.4, -0.2) is 16.9 Å². The van der Waals surface area contributed by atoms with Gasteiger partial charge in [0.05, 0.1) is 12.7 Å². The molecule has 0 aliphatic heterocycles. The van der Waals surface area contributed by atoms with Crippen LogP contribution in [0.25, 0.3) is 11.3 Å².